The number of hydrogen-bond acceptors (Lipinski definition) is 25. The molecule has 5 heterocycles. The molecule has 436 valence electrons. The summed E-state index contributed by atoms with van der Waals surface area (Å²) >= 11 is 0. The van der Waals surface area contributed by atoms with Crippen molar-refractivity contribution in [2.24, 2.45) is 46.3 Å². The summed E-state index contributed by atoms with van der Waals surface area (Å²) < 4.78 is 53.5. The first-order chi connectivity index (χ1) is 35.9. The van der Waals surface area contributed by atoms with Crippen molar-refractivity contribution >= 4 is 5.78 Å². The van der Waals surface area contributed by atoms with Gasteiger partial charge in [0.2, 0.25) is 0 Å². The Kier molecular flexibility index (Phi) is 17.9. The lowest BCUT2D eigenvalue weighted by atomic mass is 9.46. The minimum absolute atomic E-state index is 0.0618. The summed E-state index contributed by atoms with van der Waals surface area (Å²) in [6.45, 7) is 5.48. The minimum atomic E-state index is -1.97. The Morgan fingerprint density at radius 2 is 1.16 bits per heavy atom. The lowest BCUT2D eigenvalue weighted by molar-refractivity contribution is -0.395. The lowest BCUT2D eigenvalue weighted by Gasteiger charge is -2.58. The average Bonchev–Trinajstić information content (AvgIpc) is 3.90. The molecule has 0 bridgehead atoms. The Morgan fingerprint density at radius 1 is 0.658 bits per heavy atom. The average molecular weight is 1100 g/mol. The van der Waals surface area contributed by atoms with Gasteiger partial charge < -0.3 is 119 Å². The molecule has 5 saturated heterocycles. The maximum absolute atomic E-state index is 14.5. The minimum Gasteiger partial charge on any atom is -0.394 e. The van der Waals surface area contributed by atoms with Crippen molar-refractivity contribution in [1.29, 1.82) is 0 Å². The van der Waals surface area contributed by atoms with E-state index in [0.717, 1.165) is 31.3 Å². The predicted molar refractivity (Wildman–Crippen MR) is 252 cm³/mol. The fraction of sp³-hybridized carbons (Fsp3) is 0.941. The highest BCUT2D eigenvalue weighted by Gasteiger charge is 2.68. The van der Waals surface area contributed by atoms with Crippen molar-refractivity contribution in [3.63, 3.8) is 0 Å². The number of hydrogen-bond donors (Lipinski definition) is 15. The SMILES string of the molecule is C[C@@H](CC[C@@]1(O)O[C@H]2C[C@H]3[C@@H]4CC=C5C[C@@H](O[C@@H]6O[C@H](CO)[C@@H](O)[C@H](O)[C@H]6O[C@@H]6O[C@H](CO)[C@@H](O)[C@H](O)[C@H]6O[C@@H]6O[C@H](CO)[C@@H](O)[C@H](O)[C@H]6O)C(=O)C[C@]5(C)[C@H]4CC[C@]3(C)[C@H]2[C@@H]1C)CO[C@@H]1O[C@H](CO)[C@@H](O)[C@H](O)[C@H]1O. The molecule has 8 fully saturated rings. The van der Waals surface area contributed by atoms with Gasteiger partial charge in [0.05, 0.1) is 39.1 Å². The van der Waals surface area contributed by atoms with Crippen LogP contribution in [0, 0.1) is 46.3 Å². The van der Waals surface area contributed by atoms with Crippen molar-refractivity contribution in [2.45, 2.75) is 220 Å². The molecular weight excluding hydrogens is 1010 g/mol. The van der Waals surface area contributed by atoms with E-state index >= 15 is 0 Å². The first-order valence-electron chi connectivity index (χ1n) is 27.0. The molecule has 25 heteroatoms. The first-order valence-corrected chi connectivity index (χ1v) is 27.0. The van der Waals surface area contributed by atoms with E-state index in [9.17, 15) is 81.4 Å². The quantitative estimate of drug-likeness (QED) is 0.0645. The van der Waals surface area contributed by atoms with E-state index in [-0.39, 0.29) is 72.3 Å². The van der Waals surface area contributed by atoms with Crippen molar-refractivity contribution < 1.29 is 124 Å². The molecule has 15 N–H and O–H groups in total. The zero-order valence-corrected chi connectivity index (χ0v) is 43.2. The van der Waals surface area contributed by atoms with Crippen molar-refractivity contribution in [2.75, 3.05) is 33.0 Å². The molecular formula is C51H82O25. The Morgan fingerprint density at radius 3 is 1.72 bits per heavy atom. The summed E-state index contributed by atoms with van der Waals surface area (Å²) in [5.74, 6) is -1.38. The number of aliphatic hydroxyl groups is 15. The van der Waals surface area contributed by atoms with Gasteiger partial charge in [-0.1, -0.05) is 39.3 Å². The largest absolute Gasteiger partial charge is 0.394 e. The summed E-state index contributed by atoms with van der Waals surface area (Å²) in [5, 5.41) is 159. The van der Waals surface area contributed by atoms with Crippen LogP contribution in [0.4, 0.5) is 0 Å². The van der Waals surface area contributed by atoms with Crippen molar-refractivity contribution in [1.82, 2.24) is 0 Å². The van der Waals surface area contributed by atoms with E-state index in [2.05, 4.69) is 19.9 Å². The van der Waals surface area contributed by atoms with Crippen LogP contribution in [0.15, 0.2) is 11.6 Å². The molecule has 25 nitrogen and oxygen atoms in total. The third kappa shape index (κ3) is 10.4. The van der Waals surface area contributed by atoms with Gasteiger partial charge in [-0.3, -0.25) is 4.79 Å². The summed E-state index contributed by atoms with van der Waals surface area (Å²) in [5.41, 5.74) is 0.282. The zero-order valence-electron chi connectivity index (χ0n) is 43.2. The monoisotopic (exact) mass is 1090 g/mol. The summed E-state index contributed by atoms with van der Waals surface area (Å²) in [6.07, 6.45) is -28.5. The van der Waals surface area contributed by atoms with Crippen LogP contribution in [-0.2, 0) is 47.4 Å². The second-order valence-corrected chi connectivity index (χ2v) is 23.8. The number of carbonyl (C=O) groups excluding carboxylic acids is 1. The van der Waals surface area contributed by atoms with Crippen LogP contribution in [0.25, 0.3) is 0 Å². The van der Waals surface area contributed by atoms with Gasteiger partial charge in [0.25, 0.3) is 0 Å². The van der Waals surface area contributed by atoms with E-state index in [1.54, 1.807) is 0 Å². The third-order valence-corrected chi connectivity index (χ3v) is 19.4. The highest BCUT2D eigenvalue weighted by molar-refractivity contribution is 5.86. The number of Topliss-reactive ketones (excluding diaryl/α,β-unsaturated/α-hetero) is 1. The molecule has 3 saturated carbocycles. The third-order valence-electron chi connectivity index (χ3n) is 19.4. The Bertz CT molecular complexity index is 2020. The highest BCUT2D eigenvalue weighted by Crippen LogP contribution is 2.70. The van der Waals surface area contributed by atoms with Crippen LogP contribution in [-0.4, -0.2) is 256 Å². The maximum atomic E-state index is 14.5. The van der Waals surface area contributed by atoms with Gasteiger partial charge in [-0.05, 0) is 72.5 Å². The Balaban J connectivity index is 0.858. The maximum Gasteiger partial charge on any atom is 0.187 e. The highest BCUT2D eigenvalue weighted by atomic mass is 16.8. The fourth-order valence-electron chi connectivity index (χ4n) is 14.9. The van der Waals surface area contributed by atoms with E-state index < -0.39 is 167 Å². The topological polar surface area (TPSA) is 404 Å². The number of allylic oxidation sites excluding steroid dienone is 1. The number of rotatable bonds is 16. The molecule has 4 aliphatic carbocycles. The summed E-state index contributed by atoms with van der Waals surface area (Å²) in [4.78, 5) is 14.5. The molecule has 0 aromatic rings. The molecule has 76 heavy (non-hydrogen) atoms. The van der Waals surface area contributed by atoms with Gasteiger partial charge in [0.1, 0.15) is 104 Å². The van der Waals surface area contributed by atoms with Gasteiger partial charge in [-0.25, -0.2) is 0 Å². The van der Waals surface area contributed by atoms with Crippen LogP contribution in [0.1, 0.15) is 79.1 Å². The molecule has 9 aliphatic rings. The first kappa shape index (κ1) is 59.1. The molecule has 0 spiro atoms. The molecule has 5 aliphatic heterocycles. The number of aliphatic hydroxyl groups excluding tert-OH is 14. The molecule has 0 unspecified atom stereocenters. The van der Waals surface area contributed by atoms with Crippen molar-refractivity contribution in [3.05, 3.63) is 11.6 Å². The smallest absolute Gasteiger partial charge is 0.187 e. The zero-order chi connectivity index (χ0) is 55.1. The number of carbonyl (C=O) groups is 1. The Hall–Kier alpha value is -1.55. The Labute approximate surface area is 439 Å². The molecule has 31 atom stereocenters. The molecule has 0 radical (unpaired) electrons. The standard InChI is InChI=1S/C51H82O25/c1-19(18-68-45-41(65)37(61)33(57)28(14-52)70-45)7-10-51(67)20(2)32-27(76-51)12-24-22-6-5-21-11-26(25(56)13-50(21,4)23(22)8-9-49(24,32)3)69-47-43(39(63)35(59)30(16-54)72-47)75-48-44(40(64)36(60)31(17-55)73-48)74-46-42(66)38(62)34(58)29(15-53)71-46/h5,19-20,22-24,26-48,52-55,57-67H,6-18H2,1-4H3/t19-,20-,22+,23-,24-,26+,27-,28+,29+,30+,31+,32-,33+,34+,35+,36+,37-,38-,39-,40-,41+,42+,43+,44+,45+,46-,47+,48-,49-,50-,51+/m0/s1. The molecule has 9 rings (SSSR count). The number of fused-ring (bicyclic) bond motifs is 7. The fourth-order valence-corrected chi connectivity index (χ4v) is 14.9. The van der Waals surface area contributed by atoms with Gasteiger partial charge in [-0.2, -0.15) is 0 Å². The van der Waals surface area contributed by atoms with E-state index in [1.807, 2.05) is 13.8 Å². The summed E-state index contributed by atoms with van der Waals surface area (Å²) in [6, 6.07) is 0. The predicted octanol–water partition coefficient (Wildman–Crippen LogP) is -4.86. The van der Waals surface area contributed by atoms with Crippen LogP contribution in [0.5, 0.6) is 0 Å². The van der Waals surface area contributed by atoms with Crippen LogP contribution in [0.3, 0.4) is 0 Å². The van der Waals surface area contributed by atoms with E-state index in [4.69, 9.17) is 42.6 Å². The number of ketones is 1. The van der Waals surface area contributed by atoms with E-state index in [1.165, 1.54) is 0 Å². The van der Waals surface area contributed by atoms with Gasteiger partial charge in [-0.15, -0.1) is 0 Å². The molecule has 0 aromatic carbocycles. The van der Waals surface area contributed by atoms with Crippen molar-refractivity contribution in [3.8, 4) is 0 Å². The second-order valence-electron chi connectivity index (χ2n) is 23.8. The molecule has 0 aromatic heterocycles. The van der Waals surface area contributed by atoms with Crippen LogP contribution in [0.2, 0.25) is 0 Å². The molecule has 0 amide bonds. The van der Waals surface area contributed by atoms with Gasteiger partial charge in [0, 0.05) is 25.2 Å². The van der Waals surface area contributed by atoms with Crippen LogP contribution >= 0.6 is 0 Å². The number of ether oxygens (including phenoxy) is 9. The summed E-state index contributed by atoms with van der Waals surface area (Å²) in [7, 11) is 0. The normalized spacial score (nSPS) is 53.8. The lowest BCUT2D eigenvalue weighted by Crippen LogP contribution is -2.67. The van der Waals surface area contributed by atoms with Gasteiger partial charge >= 0.3 is 0 Å². The van der Waals surface area contributed by atoms with E-state index in [0.29, 0.717) is 12.8 Å². The van der Waals surface area contributed by atoms with Crippen LogP contribution < -0.4 is 0 Å². The second kappa shape index (κ2) is 23.0. The van der Waals surface area contributed by atoms with Gasteiger partial charge in [0.15, 0.2) is 36.7 Å².